The van der Waals surface area contributed by atoms with E-state index in [0.717, 1.165) is 64.0 Å². The molecule has 0 saturated carbocycles. The van der Waals surface area contributed by atoms with Gasteiger partial charge in [0.2, 0.25) is 16.0 Å². The van der Waals surface area contributed by atoms with Gasteiger partial charge in [-0.2, -0.15) is 0 Å². The maximum atomic E-state index is 11.6. The first-order chi connectivity index (χ1) is 13.5. The van der Waals surface area contributed by atoms with E-state index >= 15 is 0 Å². The van der Waals surface area contributed by atoms with Crippen LogP contribution in [0.3, 0.4) is 0 Å². The smallest absolute Gasteiger partial charge is 0.225 e. The molecule has 2 aliphatic heterocycles. The van der Waals surface area contributed by atoms with Crippen LogP contribution >= 0.6 is 0 Å². The maximum absolute atomic E-state index is 11.6. The molecule has 0 unspecified atom stereocenters. The summed E-state index contributed by atoms with van der Waals surface area (Å²) < 4.78 is 24.9. The SMILES string of the molecule is CCNC(=NCC1CCN(S(C)(=O)=O)CC1)N1CCN(c2ncccn2)CC1. The van der Waals surface area contributed by atoms with E-state index in [4.69, 9.17) is 4.99 Å². The lowest BCUT2D eigenvalue weighted by molar-refractivity contribution is 0.279. The number of nitrogens with zero attached hydrogens (tertiary/aromatic N) is 6. The van der Waals surface area contributed by atoms with Crippen LogP contribution in [-0.2, 0) is 10.0 Å². The Balaban J connectivity index is 1.52. The number of aromatic nitrogens is 2. The number of aliphatic imine (C=N–C) groups is 1. The average Bonchev–Trinajstić information content (AvgIpc) is 2.71. The summed E-state index contributed by atoms with van der Waals surface area (Å²) in [4.78, 5) is 18.0. The van der Waals surface area contributed by atoms with Crippen LogP contribution in [0.2, 0.25) is 0 Å². The molecule has 9 nitrogen and oxygen atoms in total. The molecule has 2 aliphatic rings. The second-order valence-electron chi connectivity index (χ2n) is 7.32. The zero-order chi connectivity index (χ0) is 20.0. The minimum absolute atomic E-state index is 0.436. The molecule has 1 aromatic rings. The highest BCUT2D eigenvalue weighted by molar-refractivity contribution is 7.88. The third kappa shape index (κ3) is 5.54. The van der Waals surface area contributed by atoms with E-state index in [1.807, 2.05) is 6.07 Å². The van der Waals surface area contributed by atoms with Crippen molar-refractivity contribution in [2.24, 2.45) is 10.9 Å². The van der Waals surface area contributed by atoms with E-state index < -0.39 is 10.0 Å². The molecule has 0 bridgehead atoms. The molecule has 0 radical (unpaired) electrons. The minimum Gasteiger partial charge on any atom is -0.357 e. The van der Waals surface area contributed by atoms with E-state index in [1.165, 1.54) is 6.26 Å². The molecule has 0 spiro atoms. The molecule has 0 atom stereocenters. The quantitative estimate of drug-likeness (QED) is 0.550. The van der Waals surface area contributed by atoms with Crippen LogP contribution in [-0.4, -0.2) is 92.2 Å². The van der Waals surface area contributed by atoms with Crippen LogP contribution in [0, 0.1) is 5.92 Å². The highest BCUT2D eigenvalue weighted by Gasteiger charge is 2.25. The van der Waals surface area contributed by atoms with E-state index in [2.05, 4.69) is 32.0 Å². The summed E-state index contributed by atoms with van der Waals surface area (Å²) in [5.41, 5.74) is 0. The summed E-state index contributed by atoms with van der Waals surface area (Å²) in [6, 6.07) is 1.83. The first kappa shape index (κ1) is 20.8. The summed E-state index contributed by atoms with van der Waals surface area (Å²) in [6.07, 6.45) is 6.57. The Morgan fingerprint density at radius 2 is 1.79 bits per heavy atom. The summed E-state index contributed by atoms with van der Waals surface area (Å²) >= 11 is 0. The van der Waals surface area contributed by atoms with Crippen molar-refractivity contribution in [1.82, 2.24) is 24.5 Å². The summed E-state index contributed by atoms with van der Waals surface area (Å²) in [6.45, 7) is 8.32. The second kappa shape index (κ2) is 9.51. The van der Waals surface area contributed by atoms with Crippen molar-refractivity contribution in [1.29, 1.82) is 0 Å². The van der Waals surface area contributed by atoms with E-state index in [-0.39, 0.29) is 0 Å². The molecular weight excluding hydrogens is 378 g/mol. The highest BCUT2D eigenvalue weighted by Crippen LogP contribution is 2.19. The molecule has 0 amide bonds. The van der Waals surface area contributed by atoms with Gasteiger partial charge in [-0.1, -0.05) is 0 Å². The number of piperidine rings is 1. The van der Waals surface area contributed by atoms with Gasteiger partial charge in [-0.25, -0.2) is 22.7 Å². The van der Waals surface area contributed by atoms with Crippen LogP contribution in [0.25, 0.3) is 0 Å². The monoisotopic (exact) mass is 409 g/mol. The highest BCUT2D eigenvalue weighted by atomic mass is 32.2. The lowest BCUT2D eigenvalue weighted by Gasteiger charge is -2.36. The van der Waals surface area contributed by atoms with Crippen molar-refractivity contribution >= 4 is 21.9 Å². The Morgan fingerprint density at radius 3 is 2.36 bits per heavy atom. The minimum atomic E-state index is -3.07. The van der Waals surface area contributed by atoms with Crippen molar-refractivity contribution in [3.8, 4) is 0 Å². The summed E-state index contributed by atoms with van der Waals surface area (Å²) in [5, 5.41) is 3.40. The Labute approximate surface area is 167 Å². The lowest BCUT2D eigenvalue weighted by Crippen LogP contribution is -2.53. The molecule has 0 aliphatic carbocycles. The molecule has 28 heavy (non-hydrogen) atoms. The zero-order valence-electron chi connectivity index (χ0n) is 16.8. The molecule has 1 N–H and O–H groups in total. The number of guanidine groups is 1. The van der Waals surface area contributed by atoms with Gasteiger partial charge >= 0.3 is 0 Å². The van der Waals surface area contributed by atoms with Crippen LogP contribution in [0.4, 0.5) is 5.95 Å². The summed E-state index contributed by atoms with van der Waals surface area (Å²) in [5.74, 6) is 2.16. The lowest BCUT2D eigenvalue weighted by atomic mass is 9.98. The van der Waals surface area contributed by atoms with Crippen molar-refractivity contribution in [2.45, 2.75) is 19.8 Å². The fourth-order valence-electron chi connectivity index (χ4n) is 3.64. The van der Waals surface area contributed by atoms with Crippen LogP contribution in [0.1, 0.15) is 19.8 Å². The van der Waals surface area contributed by atoms with Crippen LogP contribution in [0.15, 0.2) is 23.5 Å². The second-order valence-corrected chi connectivity index (χ2v) is 9.31. The molecule has 1 aromatic heterocycles. The Hall–Kier alpha value is -1.94. The number of anilines is 1. The molecule has 156 valence electrons. The van der Waals surface area contributed by atoms with Gasteiger partial charge in [0.1, 0.15) is 0 Å². The Bertz CT molecular complexity index is 740. The number of sulfonamides is 1. The van der Waals surface area contributed by atoms with Crippen molar-refractivity contribution < 1.29 is 8.42 Å². The zero-order valence-corrected chi connectivity index (χ0v) is 17.6. The number of piperazine rings is 1. The predicted octanol–water partition coefficient (Wildman–Crippen LogP) is 0.236. The largest absolute Gasteiger partial charge is 0.357 e. The number of rotatable bonds is 5. The van der Waals surface area contributed by atoms with E-state index in [9.17, 15) is 8.42 Å². The molecule has 3 heterocycles. The normalized spacial score (nSPS) is 20.4. The number of hydrogen-bond donors (Lipinski definition) is 1. The predicted molar refractivity (Wildman–Crippen MR) is 111 cm³/mol. The Kier molecular flexibility index (Phi) is 7.06. The van der Waals surface area contributed by atoms with Gasteiger partial charge < -0.3 is 15.1 Å². The first-order valence-electron chi connectivity index (χ1n) is 9.97. The number of nitrogens with one attached hydrogen (secondary N) is 1. The number of hydrogen-bond acceptors (Lipinski definition) is 6. The maximum Gasteiger partial charge on any atom is 0.225 e. The van der Waals surface area contributed by atoms with E-state index in [1.54, 1.807) is 16.7 Å². The topological polar surface area (TPSA) is 94.0 Å². The van der Waals surface area contributed by atoms with Gasteiger partial charge in [-0.15, -0.1) is 0 Å². The van der Waals surface area contributed by atoms with Crippen molar-refractivity contribution in [3.05, 3.63) is 18.5 Å². The van der Waals surface area contributed by atoms with Gasteiger partial charge in [0.15, 0.2) is 5.96 Å². The van der Waals surface area contributed by atoms with Gasteiger partial charge in [-0.05, 0) is 31.7 Å². The average molecular weight is 410 g/mol. The van der Waals surface area contributed by atoms with Gasteiger partial charge in [0.05, 0.1) is 6.26 Å². The van der Waals surface area contributed by atoms with Gasteiger partial charge in [0, 0.05) is 64.8 Å². The van der Waals surface area contributed by atoms with Gasteiger partial charge in [-0.3, -0.25) is 4.99 Å². The molecule has 2 fully saturated rings. The summed E-state index contributed by atoms with van der Waals surface area (Å²) in [7, 11) is -3.07. The molecule has 2 saturated heterocycles. The molecule has 3 rings (SSSR count). The fourth-order valence-corrected chi connectivity index (χ4v) is 4.51. The third-order valence-electron chi connectivity index (χ3n) is 5.29. The standard InChI is InChI=1S/C18H31N7O2S/c1-3-19-17(22-15-16-5-9-25(10-6-16)28(2,26)27)23-11-13-24(14-12-23)18-20-7-4-8-21-18/h4,7-8,16H,3,5-6,9-15H2,1-2H3,(H,19,22). The van der Waals surface area contributed by atoms with Crippen molar-refractivity contribution in [2.75, 3.05) is 63.5 Å². The fraction of sp³-hybridized carbons (Fsp3) is 0.722. The van der Waals surface area contributed by atoms with Gasteiger partial charge in [0.25, 0.3) is 0 Å². The van der Waals surface area contributed by atoms with Crippen LogP contribution in [0.5, 0.6) is 0 Å². The van der Waals surface area contributed by atoms with E-state index in [0.29, 0.717) is 19.0 Å². The van der Waals surface area contributed by atoms with Crippen LogP contribution < -0.4 is 10.2 Å². The molecule has 10 heteroatoms. The third-order valence-corrected chi connectivity index (χ3v) is 6.59. The molecular formula is C18H31N7O2S. The van der Waals surface area contributed by atoms with Crippen molar-refractivity contribution in [3.63, 3.8) is 0 Å². The molecule has 0 aromatic carbocycles. The Morgan fingerprint density at radius 1 is 1.14 bits per heavy atom. The first-order valence-corrected chi connectivity index (χ1v) is 11.8.